The highest BCUT2D eigenvalue weighted by Gasteiger charge is 2.58. The third-order valence-corrected chi connectivity index (χ3v) is 3.69. The summed E-state index contributed by atoms with van der Waals surface area (Å²) in [6.45, 7) is 2.03. The van der Waals surface area contributed by atoms with Gasteiger partial charge < -0.3 is 19.7 Å². The van der Waals surface area contributed by atoms with Gasteiger partial charge in [0, 0.05) is 17.6 Å². The van der Waals surface area contributed by atoms with E-state index >= 15 is 0 Å². The number of aliphatic hydroxyl groups excluding tert-OH is 2. The Morgan fingerprint density at radius 1 is 1.35 bits per heavy atom. The number of ketones is 1. The number of ether oxygens (including phenoxy) is 2. The molecule has 2 heterocycles. The zero-order valence-electron chi connectivity index (χ0n) is 9.63. The molecule has 2 N–H and O–H groups in total. The molecule has 0 aromatic rings. The molecule has 0 spiro atoms. The average Bonchev–Trinajstić information content (AvgIpc) is 3.06. The van der Waals surface area contributed by atoms with Gasteiger partial charge in [-0.25, -0.2) is 0 Å². The number of hydrogen-bond donors (Lipinski definition) is 2. The van der Waals surface area contributed by atoms with E-state index in [1.54, 1.807) is 0 Å². The second kappa shape index (κ2) is 3.88. The van der Waals surface area contributed by atoms with E-state index < -0.39 is 24.6 Å². The van der Waals surface area contributed by atoms with Crippen molar-refractivity contribution in [2.45, 2.75) is 56.9 Å². The number of hydrogen-bond acceptors (Lipinski definition) is 5. The van der Waals surface area contributed by atoms with Gasteiger partial charge in [0.1, 0.15) is 18.3 Å². The maximum atomic E-state index is 12.0. The van der Waals surface area contributed by atoms with E-state index in [0.29, 0.717) is 17.6 Å². The van der Waals surface area contributed by atoms with E-state index in [4.69, 9.17) is 9.47 Å². The van der Waals surface area contributed by atoms with Crippen LogP contribution in [0.25, 0.3) is 0 Å². The third-order valence-electron chi connectivity index (χ3n) is 3.69. The summed E-state index contributed by atoms with van der Waals surface area (Å²) in [4.78, 5) is 12.0. The summed E-state index contributed by atoms with van der Waals surface area (Å²) in [5.41, 5.74) is 0.842. The molecule has 0 aromatic carbocycles. The molecule has 5 atom stereocenters. The summed E-state index contributed by atoms with van der Waals surface area (Å²) in [5, 5.41) is 19.8. The van der Waals surface area contributed by atoms with Crippen molar-refractivity contribution >= 4 is 5.78 Å². The van der Waals surface area contributed by atoms with Crippen molar-refractivity contribution in [2.24, 2.45) is 0 Å². The largest absolute Gasteiger partial charge is 0.386 e. The smallest absolute Gasteiger partial charge is 0.190 e. The van der Waals surface area contributed by atoms with Crippen LogP contribution in [0.5, 0.6) is 0 Å². The fraction of sp³-hybridized carbons (Fsp3) is 0.750. The van der Waals surface area contributed by atoms with Crippen molar-refractivity contribution in [2.75, 3.05) is 0 Å². The second-order valence-electron chi connectivity index (χ2n) is 4.87. The molecule has 0 amide bonds. The fourth-order valence-electron chi connectivity index (χ4n) is 2.78. The van der Waals surface area contributed by atoms with E-state index in [9.17, 15) is 15.0 Å². The van der Waals surface area contributed by atoms with Crippen molar-refractivity contribution in [1.82, 2.24) is 0 Å². The van der Waals surface area contributed by atoms with Gasteiger partial charge in [0.05, 0.1) is 6.10 Å². The van der Waals surface area contributed by atoms with E-state index in [1.807, 2.05) is 6.92 Å². The minimum absolute atomic E-state index is 0.0845. The standard InChI is InChI=1S/C12H16O5/c1-2-3-5-4-6-7(12(15)16-5)9(14)11-10(17-11)8(6)13/h5,9-12,14-15H,2-4H2,1H3/t5-,9-,10-,11+,12+/m1/s1. The molecule has 0 aromatic heterocycles. The highest BCUT2D eigenvalue weighted by molar-refractivity contribution is 6.03. The van der Waals surface area contributed by atoms with Crippen LogP contribution in [0.3, 0.4) is 0 Å². The minimum Gasteiger partial charge on any atom is -0.386 e. The summed E-state index contributed by atoms with van der Waals surface area (Å²) in [6, 6.07) is 0. The van der Waals surface area contributed by atoms with Crippen LogP contribution in [0, 0.1) is 0 Å². The average molecular weight is 240 g/mol. The molecule has 2 aliphatic heterocycles. The van der Waals surface area contributed by atoms with Crippen molar-refractivity contribution in [3.05, 3.63) is 11.1 Å². The number of fused-ring (bicyclic) bond motifs is 1. The molecular formula is C12H16O5. The van der Waals surface area contributed by atoms with Gasteiger partial charge in [0.15, 0.2) is 12.1 Å². The van der Waals surface area contributed by atoms with Gasteiger partial charge in [-0.2, -0.15) is 0 Å². The van der Waals surface area contributed by atoms with Crippen molar-refractivity contribution < 1.29 is 24.5 Å². The van der Waals surface area contributed by atoms with E-state index in [1.165, 1.54) is 0 Å². The first kappa shape index (κ1) is 11.3. The Balaban J connectivity index is 1.91. The van der Waals surface area contributed by atoms with Gasteiger partial charge in [0.2, 0.25) is 0 Å². The monoisotopic (exact) mass is 240 g/mol. The van der Waals surface area contributed by atoms with Crippen LogP contribution in [0.1, 0.15) is 26.2 Å². The maximum Gasteiger partial charge on any atom is 0.190 e. The Kier molecular flexibility index (Phi) is 2.59. The molecule has 0 bridgehead atoms. The van der Waals surface area contributed by atoms with Crippen molar-refractivity contribution in [1.29, 1.82) is 0 Å². The molecule has 94 valence electrons. The summed E-state index contributed by atoms with van der Waals surface area (Å²) >= 11 is 0. The molecule has 3 rings (SSSR count). The van der Waals surface area contributed by atoms with Gasteiger partial charge in [-0.3, -0.25) is 4.79 Å². The lowest BCUT2D eigenvalue weighted by molar-refractivity contribution is -0.139. The summed E-state index contributed by atoms with van der Waals surface area (Å²) in [7, 11) is 0. The van der Waals surface area contributed by atoms with Crippen molar-refractivity contribution in [3.63, 3.8) is 0 Å². The highest BCUT2D eigenvalue weighted by atomic mass is 16.6. The maximum absolute atomic E-state index is 12.0. The normalized spacial score (nSPS) is 44.4. The van der Waals surface area contributed by atoms with Gasteiger partial charge in [-0.1, -0.05) is 13.3 Å². The zero-order valence-corrected chi connectivity index (χ0v) is 9.63. The molecule has 1 fully saturated rings. The first-order valence-corrected chi connectivity index (χ1v) is 6.07. The molecule has 0 radical (unpaired) electrons. The van der Waals surface area contributed by atoms with Gasteiger partial charge in [-0.15, -0.1) is 0 Å². The fourth-order valence-corrected chi connectivity index (χ4v) is 2.78. The van der Waals surface area contributed by atoms with Crippen LogP contribution in [0.15, 0.2) is 11.1 Å². The molecule has 1 aliphatic carbocycles. The summed E-state index contributed by atoms with van der Waals surface area (Å²) in [5.74, 6) is -0.0845. The molecule has 0 unspecified atom stereocenters. The van der Waals surface area contributed by atoms with E-state index in [0.717, 1.165) is 12.8 Å². The lowest BCUT2D eigenvalue weighted by Gasteiger charge is -2.34. The number of epoxide rings is 1. The Labute approximate surface area is 99.0 Å². The number of carbonyl (C=O) groups excluding carboxylic acids is 1. The Morgan fingerprint density at radius 3 is 2.82 bits per heavy atom. The number of carbonyl (C=O) groups is 1. The first-order valence-electron chi connectivity index (χ1n) is 6.07. The Morgan fingerprint density at radius 2 is 2.12 bits per heavy atom. The summed E-state index contributed by atoms with van der Waals surface area (Å²) in [6.07, 6.45) is -0.961. The molecule has 5 nitrogen and oxygen atoms in total. The Bertz CT molecular complexity index is 388. The first-order chi connectivity index (χ1) is 8.13. The van der Waals surface area contributed by atoms with Crippen LogP contribution in [-0.4, -0.2) is 46.7 Å². The number of aliphatic hydroxyl groups is 2. The van der Waals surface area contributed by atoms with Crippen LogP contribution in [0.2, 0.25) is 0 Å². The molecule has 3 aliphatic rings. The quantitative estimate of drug-likeness (QED) is 0.659. The van der Waals surface area contributed by atoms with Gasteiger partial charge in [0.25, 0.3) is 0 Å². The zero-order chi connectivity index (χ0) is 12.2. The third kappa shape index (κ3) is 1.65. The molecular weight excluding hydrogens is 224 g/mol. The predicted molar refractivity (Wildman–Crippen MR) is 57.1 cm³/mol. The predicted octanol–water partition coefficient (Wildman–Crippen LogP) is -0.0986. The van der Waals surface area contributed by atoms with Crippen LogP contribution >= 0.6 is 0 Å². The van der Waals surface area contributed by atoms with E-state index in [2.05, 4.69) is 0 Å². The summed E-state index contributed by atoms with van der Waals surface area (Å²) < 4.78 is 10.5. The molecule has 1 saturated heterocycles. The second-order valence-corrected chi connectivity index (χ2v) is 4.87. The Hall–Kier alpha value is -0.750. The van der Waals surface area contributed by atoms with Gasteiger partial charge in [-0.05, 0) is 6.42 Å². The van der Waals surface area contributed by atoms with E-state index in [-0.39, 0.29) is 11.9 Å². The van der Waals surface area contributed by atoms with Crippen molar-refractivity contribution in [3.8, 4) is 0 Å². The molecule has 17 heavy (non-hydrogen) atoms. The van der Waals surface area contributed by atoms with Crippen LogP contribution < -0.4 is 0 Å². The lowest BCUT2D eigenvalue weighted by Crippen LogP contribution is -2.43. The number of Topliss-reactive ketones (excluding diaryl/α,β-unsaturated/α-hetero) is 1. The SMILES string of the molecule is CCC[C@@H]1CC2=C([C@@H](O)[C@@H]3O[C@@H]3C2=O)[C@@H](O)O1. The highest BCUT2D eigenvalue weighted by Crippen LogP contribution is 2.43. The van der Waals surface area contributed by atoms with Crippen LogP contribution in [0.4, 0.5) is 0 Å². The van der Waals surface area contributed by atoms with Crippen LogP contribution in [-0.2, 0) is 14.3 Å². The number of rotatable bonds is 2. The minimum atomic E-state index is -1.17. The molecule has 0 saturated carbocycles. The lowest BCUT2D eigenvalue weighted by atomic mass is 9.83. The molecule has 5 heteroatoms. The van der Waals surface area contributed by atoms with Gasteiger partial charge >= 0.3 is 0 Å². The topological polar surface area (TPSA) is 79.3 Å².